The van der Waals surface area contributed by atoms with E-state index in [0.29, 0.717) is 6.61 Å². The molecule has 2 aromatic heterocycles. The van der Waals surface area contributed by atoms with Gasteiger partial charge in [-0.05, 0) is 69.2 Å². The minimum absolute atomic E-state index is 0.0330. The van der Waals surface area contributed by atoms with Crippen LogP contribution in [0.1, 0.15) is 40.2 Å². The Kier molecular flexibility index (Phi) is 5.21. The molecule has 5 heteroatoms. The zero-order valence-corrected chi connectivity index (χ0v) is 19.1. The van der Waals surface area contributed by atoms with E-state index in [0.717, 1.165) is 44.8 Å². The number of fused-ring (bicyclic) bond motifs is 2. The van der Waals surface area contributed by atoms with Gasteiger partial charge in [-0.2, -0.15) is 0 Å². The van der Waals surface area contributed by atoms with E-state index >= 15 is 0 Å². The van der Waals surface area contributed by atoms with Gasteiger partial charge in [-0.15, -0.1) is 0 Å². The normalized spacial score (nSPS) is 11.8. The number of nitrogens with zero attached hydrogens (tertiary/aromatic N) is 3. The molecule has 4 aromatic rings. The third kappa shape index (κ3) is 3.65. The Bertz CT molecular complexity index is 1280. The van der Waals surface area contributed by atoms with E-state index in [1.165, 1.54) is 0 Å². The third-order valence-electron chi connectivity index (χ3n) is 5.38. The molecule has 0 N–H and O–H groups in total. The summed E-state index contributed by atoms with van der Waals surface area (Å²) in [4.78, 5) is 19.8. The first-order valence-corrected chi connectivity index (χ1v) is 10.7. The number of amides is 1. The zero-order chi connectivity index (χ0) is 22.3. The number of carbonyl (C=O) groups is 1. The van der Waals surface area contributed by atoms with Crippen LogP contribution in [-0.2, 0) is 4.79 Å². The van der Waals surface area contributed by atoms with Gasteiger partial charge in [0.2, 0.25) is 5.91 Å². The first-order chi connectivity index (χ1) is 14.7. The van der Waals surface area contributed by atoms with Crippen molar-refractivity contribution in [3.05, 3.63) is 60.3 Å². The van der Waals surface area contributed by atoms with Crippen LogP contribution in [0.3, 0.4) is 0 Å². The highest BCUT2D eigenvalue weighted by atomic mass is 16.5. The minimum atomic E-state index is -0.433. The van der Waals surface area contributed by atoms with Crippen LogP contribution in [0.25, 0.3) is 27.7 Å². The molecule has 0 spiro atoms. The summed E-state index contributed by atoms with van der Waals surface area (Å²) in [5.74, 6) is 1.49. The third-order valence-corrected chi connectivity index (χ3v) is 5.38. The molecular formula is C26H29N3O2. The van der Waals surface area contributed by atoms with Gasteiger partial charge in [0.15, 0.2) is 0 Å². The summed E-state index contributed by atoms with van der Waals surface area (Å²) in [7, 11) is 0. The smallest absolute Gasteiger partial charge is 0.225 e. The number of imidazole rings is 1. The minimum Gasteiger partial charge on any atom is -0.493 e. The highest BCUT2D eigenvalue weighted by Crippen LogP contribution is 2.43. The molecule has 2 aromatic carbocycles. The first-order valence-electron chi connectivity index (χ1n) is 10.7. The molecule has 160 valence electrons. The fourth-order valence-corrected chi connectivity index (χ4v) is 4.23. The largest absolute Gasteiger partial charge is 0.493 e. The highest BCUT2D eigenvalue weighted by Gasteiger charge is 2.33. The van der Waals surface area contributed by atoms with E-state index in [1.807, 2.05) is 80.4 Å². The molecule has 0 aliphatic heterocycles. The van der Waals surface area contributed by atoms with Crippen molar-refractivity contribution < 1.29 is 9.53 Å². The molecule has 4 rings (SSSR count). The Morgan fingerprint density at radius 3 is 2.55 bits per heavy atom. The summed E-state index contributed by atoms with van der Waals surface area (Å²) in [6.45, 7) is 12.3. The van der Waals surface area contributed by atoms with Crippen molar-refractivity contribution in [2.45, 2.75) is 47.1 Å². The van der Waals surface area contributed by atoms with Gasteiger partial charge >= 0.3 is 0 Å². The number of pyridine rings is 1. The number of aryl methyl sites for hydroxylation is 1. The fraction of sp³-hybridized carbons (Fsp3) is 0.308. The molecule has 0 unspecified atom stereocenters. The molecule has 0 radical (unpaired) electrons. The zero-order valence-electron chi connectivity index (χ0n) is 19.1. The second-order valence-corrected chi connectivity index (χ2v) is 8.83. The molecule has 0 aliphatic carbocycles. The molecule has 0 saturated heterocycles. The van der Waals surface area contributed by atoms with E-state index in [9.17, 15) is 4.79 Å². The fourth-order valence-electron chi connectivity index (χ4n) is 4.23. The lowest BCUT2D eigenvalue weighted by Crippen LogP contribution is -2.45. The van der Waals surface area contributed by atoms with Crippen molar-refractivity contribution in [1.82, 2.24) is 9.38 Å². The molecule has 2 heterocycles. The van der Waals surface area contributed by atoms with Crippen LogP contribution in [-0.4, -0.2) is 27.4 Å². The maximum Gasteiger partial charge on any atom is 0.225 e. The summed E-state index contributed by atoms with van der Waals surface area (Å²) in [5, 5.41) is 2.15. The quantitative estimate of drug-likeness (QED) is 0.410. The van der Waals surface area contributed by atoms with Crippen molar-refractivity contribution in [3.63, 3.8) is 0 Å². The van der Waals surface area contributed by atoms with Gasteiger partial charge in [0.05, 0.1) is 12.2 Å². The van der Waals surface area contributed by atoms with Gasteiger partial charge in [0, 0.05) is 18.7 Å². The lowest BCUT2D eigenvalue weighted by atomic mass is 9.99. The van der Waals surface area contributed by atoms with Crippen LogP contribution in [0.5, 0.6) is 5.75 Å². The second kappa shape index (κ2) is 7.73. The maximum absolute atomic E-state index is 12.9. The van der Waals surface area contributed by atoms with Crippen LogP contribution < -0.4 is 9.64 Å². The van der Waals surface area contributed by atoms with Gasteiger partial charge in [0.1, 0.15) is 22.9 Å². The summed E-state index contributed by atoms with van der Waals surface area (Å²) in [6.07, 6.45) is 1.99. The van der Waals surface area contributed by atoms with Crippen LogP contribution in [0, 0.1) is 6.92 Å². The van der Waals surface area contributed by atoms with Gasteiger partial charge in [0.25, 0.3) is 0 Å². The SMILES string of the molecule is CCOc1ccc2ccccc2c1-c1nc2cc(C)ccn2c1N(C(C)=O)C(C)(C)C. The molecule has 0 aliphatic rings. The second-order valence-electron chi connectivity index (χ2n) is 8.83. The predicted molar refractivity (Wildman–Crippen MR) is 127 cm³/mol. The monoisotopic (exact) mass is 415 g/mol. The van der Waals surface area contributed by atoms with Crippen LogP contribution in [0.2, 0.25) is 0 Å². The van der Waals surface area contributed by atoms with Crippen LogP contribution >= 0.6 is 0 Å². The first kappa shape index (κ1) is 20.9. The molecule has 0 saturated carbocycles. The molecule has 0 fully saturated rings. The van der Waals surface area contributed by atoms with Gasteiger partial charge in [-0.3, -0.25) is 14.1 Å². The van der Waals surface area contributed by atoms with Gasteiger partial charge in [-0.1, -0.05) is 30.3 Å². The molecular weight excluding hydrogens is 386 g/mol. The van der Waals surface area contributed by atoms with Crippen molar-refractivity contribution >= 4 is 28.1 Å². The van der Waals surface area contributed by atoms with Crippen LogP contribution in [0.4, 0.5) is 5.82 Å². The average Bonchev–Trinajstić information content (AvgIpc) is 3.04. The lowest BCUT2D eigenvalue weighted by Gasteiger charge is -2.35. The van der Waals surface area contributed by atoms with Gasteiger partial charge < -0.3 is 4.74 Å². The molecule has 1 amide bonds. The van der Waals surface area contributed by atoms with E-state index in [1.54, 1.807) is 6.92 Å². The number of hydrogen-bond donors (Lipinski definition) is 0. The van der Waals surface area contributed by atoms with E-state index in [4.69, 9.17) is 9.72 Å². The number of anilines is 1. The Labute approximate surface area is 183 Å². The number of aromatic nitrogens is 2. The number of benzene rings is 2. The van der Waals surface area contributed by atoms with E-state index < -0.39 is 5.54 Å². The maximum atomic E-state index is 12.9. The summed E-state index contributed by atoms with van der Waals surface area (Å²) in [6, 6.07) is 16.4. The molecule has 31 heavy (non-hydrogen) atoms. The topological polar surface area (TPSA) is 46.8 Å². The Hall–Kier alpha value is -3.34. The van der Waals surface area contributed by atoms with E-state index in [-0.39, 0.29) is 5.91 Å². The number of ether oxygens (including phenoxy) is 1. The van der Waals surface area contributed by atoms with Crippen molar-refractivity contribution in [1.29, 1.82) is 0 Å². The summed E-state index contributed by atoms with van der Waals surface area (Å²) >= 11 is 0. The molecule has 5 nitrogen and oxygen atoms in total. The molecule has 0 bridgehead atoms. The predicted octanol–water partition coefficient (Wildman–Crippen LogP) is 6.01. The lowest BCUT2D eigenvalue weighted by molar-refractivity contribution is -0.117. The van der Waals surface area contributed by atoms with E-state index in [2.05, 4.69) is 18.2 Å². The Morgan fingerprint density at radius 2 is 1.87 bits per heavy atom. The summed E-state index contributed by atoms with van der Waals surface area (Å²) in [5.41, 5.74) is 3.14. The van der Waals surface area contributed by atoms with Crippen LogP contribution in [0.15, 0.2) is 54.7 Å². The molecule has 0 atom stereocenters. The number of hydrogen-bond acceptors (Lipinski definition) is 3. The highest BCUT2D eigenvalue weighted by molar-refractivity contribution is 6.05. The number of rotatable bonds is 4. The summed E-state index contributed by atoms with van der Waals surface area (Å²) < 4.78 is 8.05. The standard InChI is InChI=1S/C26H29N3O2/c1-7-31-21-13-12-19-10-8-9-11-20(19)23(21)24-25(29(18(3)30)26(4,5)6)28-15-14-17(2)16-22(28)27-24/h8-16H,7H2,1-6H3. The van der Waals surface area contributed by atoms with Crippen molar-refractivity contribution in [2.75, 3.05) is 11.5 Å². The average molecular weight is 416 g/mol. The van der Waals surface area contributed by atoms with Gasteiger partial charge in [-0.25, -0.2) is 4.98 Å². The van der Waals surface area contributed by atoms with Crippen molar-refractivity contribution in [3.8, 4) is 17.0 Å². The van der Waals surface area contributed by atoms with Crippen molar-refractivity contribution in [2.24, 2.45) is 0 Å². The number of carbonyl (C=O) groups excluding carboxylic acids is 1. The Balaban J connectivity index is 2.17. The Morgan fingerprint density at radius 1 is 1.13 bits per heavy atom.